The third kappa shape index (κ3) is 6.78. The minimum absolute atomic E-state index is 0.201. The van der Waals surface area contributed by atoms with E-state index in [1.165, 1.54) is 0 Å². The molecule has 1 amide bonds. The Morgan fingerprint density at radius 2 is 2.21 bits per heavy atom. The number of aliphatic hydroxyl groups is 1. The molecule has 5 nitrogen and oxygen atoms in total. The van der Waals surface area contributed by atoms with Crippen molar-refractivity contribution in [2.75, 3.05) is 32.8 Å². The molecule has 1 aliphatic heterocycles. The number of nitrogens with one attached hydrogen (secondary N) is 1. The van der Waals surface area contributed by atoms with Crippen molar-refractivity contribution in [1.82, 2.24) is 10.2 Å². The molecule has 0 aromatic rings. The summed E-state index contributed by atoms with van der Waals surface area (Å²) < 4.78 is 5.40. The fourth-order valence-electron chi connectivity index (χ4n) is 2.23. The Morgan fingerprint density at radius 1 is 1.47 bits per heavy atom. The molecule has 1 saturated heterocycles. The Bertz CT molecular complexity index is 276. The summed E-state index contributed by atoms with van der Waals surface area (Å²) in [6.45, 7) is 9.19. The quantitative estimate of drug-likeness (QED) is 0.746. The molecule has 0 radical (unpaired) electrons. The third-order valence-corrected chi connectivity index (χ3v) is 3.12. The summed E-state index contributed by atoms with van der Waals surface area (Å²) >= 11 is 0. The molecule has 0 bridgehead atoms. The van der Waals surface area contributed by atoms with Gasteiger partial charge in [-0.25, -0.2) is 4.79 Å². The second kappa shape index (κ2) is 7.70. The van der Waals surface area contributed by atoms with Crippen LogP contribution in [0.15, 0.2) is 0 Å². The first-order chi connectivity index (χ1) is 8.92. The molecule has 0 aromatic carbocycles. The molecule has 1 unspecified atom stereocenters. The summed E-state index contributed by atoms with van der Waals surface area (Å²) in [4.78, 5) is 13.8. The van der Waals surface area contributed by atoms with Crippen LogP contribution in [-0.2, 0) is 4.74 Å². The van der Waals surface area contributed by atoms with E-state index in [0.717, 1.165) is 45.4 Å². The molecule has 1 heterocycles. The number of ether oxygens (including phenoxy) is 1. The molecule has 1 fully saturated rings. The van der Waals surface area contributed by atoms with Crippen molar-refractivity contribution in [3.63, 3.8) is 0 Å². The Labute approximate surface area is 116 Å². The largest absolute Gasteiger partial charge is 0.444 e. The third-order valence-electron chi connectivity index (χ3n) is 3.12. The van der Waals surface area contributed by atoms with Gasteiger partial charge >= 0.3 is 6.09 Å². The summed E-state index contributed by atoms with van der Waals surface area (Å²) in [5.41, 5.74) is -0.427. The summed E-state index contributed by atoms with van der Waals surface area (Å²) in [6, 6.07) is 0. The van der Waals surface area contributed by atoms with Gasteiger partial charge in [0, 0.05) is 19.7 Å². The van der Waals surface area contributed by atoms with Crippen LogP contribution in [-0.4, -0.2) is 54.5 Å². The normalized spacial score (nSPS) is 20.4. The van der Waals surface area contributed by atoms with Gasteiger partial charge in [-0.15, -0.1) is 0 Å². The molecule has 0 aromatic heterocycles. The second-order valence-electron chi connectivity index (χ2n) is 6.22. The van der Waals surface area contributed by atoms with E-state index in [9.17, 15) is 4.79 Å². The lowest BCUT2D eigenvalue weighted by molar-refractivity contribution is 0.0166. The topological polar surface area (TPSA) is 61.8 Å². The van der Waals surface area contributed by atoms with Gasteiger partial charge in [0.25, 0.3) is 0 Å². The maximum atomic E-state index is 12.0. The zero-order chi connectivity index (χ0) is 14.3. The predicted molar refractivity (Wildman–Crippen MR) is 75.1 cm³/mol. The number of piperidine rings is 1. The van der Waals surface area contributed by atoms with Crippen LogP contribution >= 0.6 is 0 Å². The number of likely N-dealkylation sites (tertiary alicyclic amines) is 1. The van der Waals surface area contributed by atoms with E-state index in [1.54, 1.807) is 0 Å². The number of hydrogen-bond acceptors (Lipinski definition) is 4. The highest BCUT2D eigenvalue weighted by atomic mass is 16.6. The van der Waals surface area contributed by atoms with Crippen LogP contribution in [0.1, 0.15) is 40.0 Å². The highest BCUT2D eigenvalue weighted by molar-refractivity contribution is 5.68. The van der Waals surface area contributed by atoms with Crippen molar-refractivity contribution in [1.29, 1.82) is 0 Å². The summed E-state index contributed by atoms with van der Waals surface area (Å²) in [5.74, 6) is 0.486. The Hall–Kier alpha value is -0.810. The molecule has 112 valence electrons. The van der Waals surface area contributed by atoms with E-state index in [0.29, 0.717) is 5.92 Å². The summed E-state index contributed by atoms with van der Waals surface area (Å²) in [5, 5.41) is 12.0. The average molecular weight is 272 g/mol. The van der Waals surface area contributed by atoms with E-state index in [1.807, 2.05) is 25.7 Å². The monoisotopic (exact) mass is 272 g/mol. The van der Waals surface area contributed by atoms with Gasteiger partial charge in [-0.2, -0.15) is 0 Å². The lowest BCUT2D eigenvalue weighted by atomic mass is 9.98. The molecule has 1 rings (SSSR count). The van der Waals surface area contributed by atoms with Crippen LogP contribution < -0.4 is 5.32 Å². The van der Waals surface area contributed by atoms with Crippen LogP contribution in [0.3, 0.4) is 0 Å². The Kier molecular flexibility index (Phi) is 6.58. The van der Waals surface area contributed by atoms with Gasteiger partial charge in [0.05, 0.1) is 0 Å². The smallest absolute Gasteiger partial charge is 0.410 e. The van der Waals surface area contributed by atoms with E-state index in [-0.39, 0.29) is 12.7 Å². The van der Waals surface area contributed by atoms with Gasteiger partial charge in [0.2, 0.25) is 0 Å². The number of nitrogens with zero attached hydrogens (tertiary/aromatic N) is 1. The standard InChI is InChI=1S/C14H28N2O3/c1-14(2,3)19-13(18)16-8-4-6-12(11-16)10-15-7-5-9-17/h12,15,17H,4-11H2,1-3H3. The summed E-state index contributed by atoms with van der Waals surface area (Å²) in [7, 11) is 0. The highest BCUT2D eigenvalue weighted by Crippen LogP contribution is 2.18. The SMILES string of the molecule is CC(C)(C)OC(=O)N1CCCC(CNCCCO)C1. The van der Waals surface area contributed by atoms with Crippen molar-refractivity contribution in [2.45, 2.75) is 45.6 Å². The molecule has 0 saturated carbocycles. The maximum absolute atomic E-state index is 12.0. The number of carbonyl (C=O) groups is 1. The molecular formula is C14H28N2O3. The molecule has 5 heteroatoms. The summed E-state index contributed by atoms with van der Waals surface area (Å²) in [6.07, 6.45) is 2.76. The molecular weight excluding hydrogens is 244 g/mol. The fraction of sp³-hybridized carbons (Fsp3) is 0.929. The second-order valence-corrected chi connectivity index (χ2v) is 6.22. The Morgan fingerprint density at radius 3 is 2.84 bits per heavy atom. The van der Waals surface area contributed by atoms with E-state index >= 15 is 0 Å². The Balaban J connectivity index is 2.31. The molecule has 1 aliphatic rings. The minimum Gasteiger partial charge on any atom is -0.444 e. The van der Waals surface area contributed by atoms with Gasteiger partial charge in [-0.1, -0.05) is 0 Å². The van der Waals surface area contributed by atoms with Crippen LogP contribution in [0.2, 0.25) is 0 Å². The lowest BCUT2D eigenvalue weighted by Gasteiger charge is -2.34. The van der Waals surface area contributed by atoms with Crippen molar-refractivity contribution < 1.29 is 14.6 Å². The van der Waals surface area contributed by atoms with Crippen LogP contribution in [0, 0.1) is 5.92 Å². The lowest BCUT2D eigenvalue weighted by Crippen LogP contribution is -2.45. The fourth-order valence-corrected chi connectivity index (χ4v) is 2.23. The van der Waals surface area contributed by atoms with E-state index in [2.05, 4.69) is 5.32 Å². The van der Waals surface area contributed by atoms with Gasteiger partial charge in [-0.05, 0) is 59.0 Å². The van der Waals surface area contributed by atoms with Gasteiger partial charge < -0.3 is 20.1 Å². The van der Waals surface area contributed by atoms with Gasteiger partial charge in [0.15, 0.2) is 0 Å². The molecule has 19 heavy (non-hydrogen) atoms. The number of carbonyl (C=O) groups excluding carboxylic acids is 1. The predicted octanol–water partition coefficient (Wildman–Crippen LogP) is 1.61. The number of aliphatic hydroxyl groups excluding tert-OH is 1. The molecule has 1 atom stereocenters. The van der Waals surface area contributed by atoms with Crippen LogP contribution in [0.25, 0.3) is 0 Å². The highest BCUT2D eigenvalue weighted by Gasteiger charge is 2.27. The number of rotatable bonds is 5. The van der Waals surface area contributed by atoms with Crippen molar-refractivity contribution in [3.05, 3.63) is 0 Å². The van der Waals surface area contributed by atoms with Crippen LogP contribution in [0.4, 0.5) is 4.79 Å². The zero-order valence-corrected chi connectivity index (χ0v) is 12.4. The average Bonchev–Trinajstić information content (AvgIpc) is 2.33. The molecule has 2 N–H and O–H groups in total. The zero-order valence-electron chi connectivity index (χ0n) is 12.4. The van der Waals surface area contributed by atoms with Crippen molar-refractivity contribution in [3.8, 4) is 0 Å². The van der Waals surface area contributed by atoms with E-state index in [4.69, 9.17) is 9.84 Å². The van der Waals surface area contributed by atoms with E-state index < -0.39 is 5.60 Å². The maximum Gasteiger partial charge on any atom is 0.410 e. The van der Waals surface area contributed by atoms with Crippen molar-refractivity contribution >= 4 is 6.09 Å². The molecule has 0 aliphatic carbocycles. The van der Waals surface area contributed by atoms with Crippen molar-refractivity contribution in [2.24, 2.45) is 5.92 Å². The van der Waals surface area contributed by atoms with Gasteiger partial charge in [-0.3, -0.25) is 0 Å². The first-order valence-corrected chi connectivity index (χ1v) is 7.22. The van der Waals surface area contributed by atoms with Gasteiger partial charge in [0.1, 0.15) is 5.60 Å². The van der Waals surface area contributed by atoms with Crippen LogP contribution in [0.5, 0.6) is 0 Å². The minimum atomic E-state index is -0.427. The molecule has 0 spiro atoms. The first kappa shape index (κ1) is 16.2. The number of amides is 1. The first-order valence-electron chi connectivity index (χ1n) is 7.22. The number of hydrogen-bond donors (Lipinski definition) is 2.